The van der Waals surface area contributed by atoms with Crippen LogP contribution in [0.1, 0.15) is 30.0 Å². The van der Waals surface area contributed by atoms with Crippen molar-refractivity contribution in [3.8, 4) is 68.6 Å². The molecule has 25 nitrogen and oxygen atoms in total. The molecule has 0 aliphatic carbocycles. The molecule has 0 fully saturated rings. The Kier molecular flexibility index (Phi) is 21.3. The number of allylic oxidation sites excluding steroid dienone is 1. The number of carbonyl (C=O) groups excluding carboxylic acids is 3. The molecule has 0 unspecified atom stereocenters. The number of nitrogens with zero attached hydrogens (tertiary/aromatic N) is 16. The minimum absolute atomic E-state index is 0.174. The molecule has 9 aromatic heterocycles. The van der Waals surface area contributed by atoms with Crippen molar-refractivity contribution in [3.63, 3.8) is 0 Å². The number of esters is 1. The van der Waals surface area contributed by atoms with Gasteiger partial charge in [-0.2, -0.15) is 28.8 Å². The van der Waals surface area contributed by atoms with Crippen LogP contribution in [0, 0.1) is 11.8 Å². The van der Waals surface area contributed by atoms with Gasteiger partial charge in [-0.1, -0.05) is 128 Å². The number of pyridine rings is 3. The van der Waals surface area contributed by atoms with Gasteiger partial charge in [0.15, 0.2) is 34.4 Å². The van der Waals surface area contributed by atoms with E-state index in [-0.39, 0.29) is 50.8 Å². The van der Waals surface area contributed by atoms with Crippen LogP contribution in [-0.2, 0) is 45.5 Å². The second-order valence-corrected chi connectivity index (χ2v) is 22.8. The standard InChI is InChI=1S/C29H24N6O3.C26H21N5O3.C24H18N6O2/c1-3-29(36)34(2)17-7-8-18-37-22-11-12-23-25(19-22)30-16-15-26(23)38-20-28-32-31-27-14-13-24(33-35(27)28)21-9-5-4-6-10-21;1-2-6-26(32)34-16-18-9-10-20-22(15-18)27-14-13-23(20)33-17-25-29-28-24-12-11-21(30-31(24)25)19-7-4-3-5-8-19;1-2-24(31)26-17-8-9-18-20(14-17)25-13-12-21(18)32-15-23-28-27-22-11-10-19(29-30(22)23)16-6-4-3-5-7-16/h3-6,9-16,19H,1,17-18,20H2,2H3;2-15H,16-17H2,1H3;2-14H,1,15H2,(H,26,31)/b;6-2+;. The lowest BCUT2D eigenvalue weighted by Gasteiger charge is -2.10. The van der Waals surface area contributed by atoms with E-state index < -0.39 is 0 Å². The van der Waals surface area contributed by atoms with E-state index in [4.69, 9.17) is 33.9 Å². The van der Waals surface area contributed by atoms with Crippen LogP contribution < -0.4 is 24.3 Å². The van der Waals surface area contributed by atoms with Gasteiger partial charge in [0.05, 0.1) is 40.2 Å². The Balaban J connectivity index is 0.000000139. The summed E-state index contributed by atoms with van der Waals surface area (Å²) in [5, 5.41) is 44.6. The van der Waals surface area contributed by atoms with Crippen LogP contribution in [0.2, 0.25) is 0 Å². The molecule has 6 aromatic carbocycles. The molecule has 25 heteroatoms. The molecule has 104 heavy (non-hydrogen) atoms. The third kappa shape index (κ3) is 16.5. The first kappa shape index (κ1) is 68.1. The molecule has 512 valence electrons. The number of benzene rings is 6. The fourth-order valence-corrected chi connectivity index (χ4v) is 10.6. The second kappa shape index (κ2) is 32.5. The van der Waals surface area contributed by atoms with E-state index in [1.54, 1.807) is 82.5 Å². The van der Waals surface area contributed by atoms with Crippen molar-refractivity contribution in [2.24, 2.45) is 0 Å². The summed E-state index contributed by atoms with van der Waals surface area (Å²) in [5.41, 5.74) is 11.1. The van der Waals surface area contributed by atoms with Gasteiger partial charge in [0.25, 0.3) is 0 Å². The Labute approximate surface area is 594 Å². The van der Waals surface area contributed by atoms with Gasteiger partial charge in [-0.05, 0) is 122 Å². The number of hydrogen-bond acceptors (Lipinski definition) is 20. The predicted molar refractivity (Wildman–Crippen MR) is 391 cm³/mol. The van der Waals surface area contributed by atoms with Gasteiger partial charge in [-0.3, -0.25) is 24.5 Å². The molecule has 2 amide bonds. The lowest BCUT2D eigenvalue weighted by atomic mass is 10.1. The van der Waals surface area contributed by atoms with E-state index in [0.717, 1.165) is 66.5 Å². The number of carbonyl (C=O) groups is 3. The molecule has 15 rings (SSSR count). The molecule has 0 aliphatic rings. The lowest BCUT2D eigenvalue weighted by molar-refractivity contribution is -0.139. The van der Waals surface area contributed by atoms with E-state index in [1.165, 1.54) is 23.1 Å². The normalized spacial score (nSPS) is 10.9. The van der Waals surface area contributed by atoms with Crippen molar-refractivity contribution in [2.45, 2.75) is 33.4 Å². The van der Waals surface area contributed by atoms with E-state index in [9.17, 15) is 14.4 Å². The molecule has 0 aliphatic heterocycles. The van der Waals surface area contributed by atoms with E-state index in [1.807, 2.05) is 170 Å². The number of amides is 2. The maximum Gasteiger partial charge on any atom is 0.330 e. The molecular weight excluding hydrogens is 1310 g/mol. The summed E-state index contributed by atoms with van der Waals surface area (Å²) in [6.07, 6.45) is 10.5. The summed E-state index contributed by atoms with van der Waals surface area (Å²) >= 11 is 0. The highest BCUT2D eigenvalue weighted by atomic mass is 16.5. The Morgan fingerprint density at radius 1 is 0.481 bits per heavy atom. The molecule has 1 N–H and O–H groups in total. The zero-order valence-electron chi connectivity index (χ0n) is 56.2. The Bertz CT molecular complexity index is 5720. The lowest BCUT2D eigenvalue weighted by Crippen LogP contribution is -2.24. The van der Waals surface area contributed by atoms with E-state index in [0.29, 0.717) is 75.2 Å². The van der Waals surface area contributed by atoms with Crippen molar-refractivity contribution < 1.29 is 38.1 Å². The highest BCUT2D eigenvalue weighted by Gasteiger charge is 2.17. The zero-order chi connectivity index (χ0) is 71.6. The maximum atomic E-state index is 11.6. The number of fused-ring (bicyclic) bond motifs is 6. The quantitative estimate of drug-likeness (QED) is 0.0397. The molecule has 15 aromatic rings. The summed E-state index contributed by atoms with van der Waals surface area (Å²) < 4.78 is 34.3. The van der Waals surface area contributed by atoms with Crippen LogP contribution in [0.15, 0.2) is 256 Å². The Morgan fingerprint density at radius 2 is 0.933 bits per heavy atom. The number of nitrogens with one attached hydrogen (secondary N) is 1. The third-order valence-electron chi connectivity index (χ3n) is 15.8. The number of aromatic nitrogens is 15. The molecule has 0 spiro atoms. The van der Waals surface area contributed by atoms with Crippen LogP contribution in [0.5, 0.6) is 23.0 Å². The third-order valence-corrected chi connectivity index (χ3v) is 15.8. The van der Waals surface area contributed by atoms with Crippen LogP contribution in [0.3, 0.4) is 0 Å². The van der Waals surface area contributed by atoms with Gasteiger partial charge in [-0.25, -0.2) is 4.79 Å². The molecule has 0 bridgehead atoms. The SMILES string of the molecule is C/C=C/C(=O)OCc1ccc2c(OCc3nnc4ccc(-c5ccccc5)nn34)ccnc2c1.C=CC(=O)N(C)CC#CCOc1ccc2c(OCc3nnc4ccc(-c5ccccc5)nn34)ccnc2c1.C=CC(=O)Nc1ccc2c(OCc3nnc4ccc(-c5ccccc5)nn34)ccnc2c1. The summed E-state index contributed by atoms with van der Waals surface area (Å²) in [6, 6.07) is 63.3. The maximum absolute atomic E-state index is 11.6. The van der Waals surface area contributed by atoms with Gasteiger partial charge in [-0.15, -0.1) is 30.6 Å². The van der Waals surface area contributed by atoms with Crippen molar-refractivity contribution in [1.29, 1.82) is 0 Å². The number of hydrogen-bond donors (Lipinski definition) is 1. The van der Waals surface area contributed by atoms with Gasteiger partial charge in [0.1, 0.15) is 56.0 Å². The van der Waals surface area contributed by atoms with Crippen molar-refractivity contribution in [2.75, 3.05) is 25.5 Å². The van der Waals surface area contributed by atoms with Crippen molar-refractivity contribution >= 4 is 73.1 Å². The minimum Gasteiger partial charge on any atom is -0.485 e. The van der Waals surface area contributed by atoms with E-state index >= 15 is 0 Å². The highest BCUT2D eigenvalue weighted by molar-refractivity contribution is 6.00. The summed E-state index contributed by atoms with van der Waals surface area (Å²) in [4.78, 5) is 49.3. The Hall–Kier alpha value is -14.4. The van der Waals surface area contributed by atoms with Crippen LogP contribution >= 0.6 is 0 Å². The van der Waals surface area contributed by atoms with Crippen molar-refractivity contribution in [3.05, 3.63) is 279 Å². The fourth-order valence-electron chi connectivity index (χ4n) is 10.6. The van der Waals surface area contributed by atoms with E-state index in [2.05, 4.69) is 81.0 Å². The molecule has 0 radical (unpaired) electrons. The number of ether oxygens (including phenoxy) is 5. The van der Waals surface area contributed by atoms with Gasteiger partial charge < -0.3 is 33.9 Å². The molecule has 0 saturated heterocycles. The average Bonchev–Trinajstić information content (AvgIpc) is 1.74. The molecule has 9 heterocycles. The highest BCUT2D eigenvalue weighted by Crippen LogP contribution is 2.31. The average molecular weight is 1380 g/mol. The summed E-state index contributed by atoms with van der Waals surface area (Å²) in [7, 11) is 1.66. The first-order valence-corrected chi connectivity index (χ1v) is 32.6. The number of rotatable bonds is 21. The number of anilines is 1. The largest absolute Gasteiger partial charge is 0.485 e. The topological polar surface area (TPSA) is 281 Å². The summed E-state index contributed by atoms with van der Waals surface area (Å²) in [6.45, 7) is 9.91. The minimum atomic E-state index is -0.378. The van der Waals surface area contributed by atoms with Crippen LogP contribution in [-0.4, -0.2) is 117 Å². The van der Waals surface area contributed by atoms with Gasteiger partial charge >= 0.3 is 5.97 Å². The zero-order valence-corrected chi connectivity index (χ0v) is 56.2. The summed E-state index contributed by atoms with van der Waals surface area (Å²) in [5.74, 6) is 9.33. The fraction of sp³-hybridized carbons (Fsp3) is 0.101. The first-order chi connectivity index (χ1) is 51.0. The smallest absolute Gasteiger partial charge is 0.330 e. The first-order valence-electron chi connectivity index (χ1n) is 32.6. The monoisotopic (exact) mass is 1380 g/mol. The molecular formula is C79H63N17O8. The van der Waals surface area contributed by atoms with Crippen LogP contribution in [0.25, 0.3) is 83.4 Å². The second-order valence-electron chi connectivity index (χ2n) is 22.8. The van der Waals surface area contributed by atoms with Gasteiger partial charge in [0.2, 0.25) is 11.8 Å². The molecule has 0 saturated carbocycles. The predicted octanol–water partition coefficient (Wildman–Crippen LogP) is 12.5. The molecule has 0 atom stereocenters. The number of likely N-dealkylation sites (N-methyl/N-ethyl adjacent to an activating group) is 1. The van der Waals surface area contributed by atoms with Gasteiger partial charge in [0, 0.05) is 76.3 Å². The van der Waals surface area contributed by atoms with Crippen LogP contribution in [0.4, 0.5) is 5.69 Å². The Morgan fingerprint density at radius 3 is 1.39 bits per heavy atom. The van der Waals surface area contributed by atoms with Crippen molar-refractivity contribution in [1.82, 2.24) is 79.3 Å².